The van der Waals surface area contributed by atoms with Crippen LogP contribution in [-0.4, -0.2) is 29.4 Å². The van der Waals surface area contributed by atoms with Crippen molar-refractivity contribution in [1.29, 1.82) is 0 Å². The van der Waals surface area contributed by atoms with E-state index in [0.717, 1.165) is 12.8 Å². The largest absolute Gasteiger partial charge is 0.491 e. The van der Waals surface area contributed by atoms with Crippen LogP contribution in [0.3, 0.4) is 0 Å². The number of carbonyl (C=O) groups is 1. The molecule has 4 heteroatoms. The van der Waals surface area contributed by atoms with Crippen LogP contribution in [0, 0.1) is 0 Å². The molecule has 1 atom stereocenters. The molecule has 0 aromatic heterocycles. The zero-order chi connectivity index (χ0) is 13.9. The fraction of sp³-hybridized carbons (Fsp3) is 0.533. The van der Waals surface area contributed by atoms with Gasteiger partial charge in [-0.2, -0.15) is 0 Å². The standard InChI is InChI=1S/C15H20O4/c1-15(2)8-7-12(19-15)10-18-13-6-4-3-5-11(13)9-14(16)17/h3-6,12H,7-10H2,1-2H3,(H,16,17). The predicted octanol–water partition coefficient (Wildman–Crippen LogP) is 2.65. The van der Waals surface area contributed by atoms with E-state index >= 15 is 0 Å². The summed E-state index contributed by atoms with van der Waals surface area (Å²) in [6.45, 7) is 4.62. The Bertz CT molecular complexity index is 453. The molecule has 1 fully saturated rings. The number of ether oxygens (including phenoxy) is 2. The summed E-state index contributed by atoms with van der Waals surface area (Å²) >= 11 is 0. The van der Waals surface area contributed by atoms with Crippen LogP contribution in [0.25, 0.3) is 0 Å². The first kappa shape index (κ1) is 13.9. The summed E-state index contributed by atoms with van der Waals surface area (Å²) in [5, 5.41) is 8.86. The molecule has 1 unspecified atom stereocenters. The molecule has 0 radical (unpaired) electrons. The van der Waals surface area contributed by atoms with Crippen molar-refractivity contribution in [2.75, 3.05) is 6.61 Å². The highest BCUT2D eigenvalue weighted by atomic mass is 16.6. The second kappa shape index (κ2) is 5.61. The summed E-state index contributed by atoms with van der Waals surface area (Å²) in [6.07, 6.45) is 2.08. The van der Waals surface area contributed by atoms with E-state index in [1.54, 1.807) is 12.1 Å². The van der Waals surface area contributed by atoms with Gasteiger partial charge in [-0.05, 0) is 32.8 Å². The third kappa shape index (κ3) is 3.96. The SMILES string of the molecule is CC1(C)CCC(COc2ccccc2CC(=O)O)O1. The van der Waals surface area contributed by atoms with E-state index in [4.69, 9.17) is 14.6 Å². The lowest BCUT2D eigenvalue weighted by Gasteiger charge is -2.20. The van der Waals surface area contributed by atoms with Gasteiger partial charge in [-0.25, -0.2) is 0 Å². The Hall–Kier alpha value is -1.55. The summed E-state index contributed by atoms with van der Waals surface area (Å²) in [7, 11) is 0. The van der Waals surface area contributed by atoms with Gasteiger partial charge in [0.15, 0.2) is 0 Å². The van der Waals surface area contributed by atoms with Crippen molar-refractivity contribution in [3.05, 3.63) is 29.8 Å². The first-order valence-corrected chi connectivity index (χ1v) is 6.56. The minimum absolute atomic E-state index is 0.0206. The van der Waals surface area contributed by atoms with Crippen molar-refractivity contribution in [2.24, 2.45) is 0 Å². The normalized spacial score (nSPS) is 21.3. The molecule has 0 bridgehead atoms. The molecule has 2 rings (SSSR count). The Balaban J connectivity index is 1.94. The molecule has 0 aliphatic carbocycles. The van der Waals surface area contributed by atoms with Crippen molar-refractivity contribution < 1.29 is 19.4 Å². The Morgan fingerprint density at radius 2 is 2.21 bits per heavy atom. The lowest BCUT2D eigenvalue weighted by atomic mass is 10.1. The maximum Gasteiger partial charge on any atom is 0.307 e. The minimum atomic E-state index is -0.853. The molecule has 0 amide bonds. The highest BCUT2D eigenvalue weighted by Gasteiger charge is 2.32. The molecule has 1 aromatic rings. The van der Waals surface area contributed by atoms with Crippen molar-refractivity contribution in [1.82, 2.24) is 0 Å². The fourth-order valence-corrected chi connectivity index (χ4v) is 2.33. The molecule has 1 aliphatic rings. The number of rotatable bonds is 5. The van der Waals surface area contributed by atoms with E-state index in [1.807, 2.05) is 12.1 Å². The number of hydrogen-bond donors (Lipinski definition) is 1. The highest BCUT2D eigenvalue weighted by Crippen LogP contribution is 2.30. The van der Waals surface area contributed by atoms with E-state index in [-0.39, 0.29) is 18.1 Å². The van der Waals surface area contributed by atoms with Gasteiger partial charge in [0, 0.05) is 5.56 Å². The van der Waals surface area contributed by atoms with E-state index in [1.165, 1.54) is 0 Å². The average Bonchev–Trinajstić information content (AvgIpc) is 2.67. The molecule has 1 aliphatic heterocycles. The Morgan fingerprint density at radius 3 is 2.84 bits per heavy atom. The van der Waals surface area contributed by atoms with Crippen molar-refractivity contribution in [2.45, 2.75) is 44.8 Å². The van der Waals surface area contributed by atoms with Crippen LogP contribution in [0.4, 0.5) is 0 Å². The Labute approximate surface area is 113 Å². The van der Waals surface area contributed by atoms with Crippen molar-refractivity contribution >= 4 is 5.97 Å². The number of para-hydroxylation sites is 1. The molecule has 19 heavy (non-hydrogen) atoms. The third-order valence-corrected chi connectivity index (χ3v) is 3.29. The Kier molecular flexibility index (Phi) is 4.10. The van der Waals surface area contributed by atoms with Crippen molar-refractivity contribution in [3.63, 3.8) is 0 Å². The van der Waals surface area contributed by atoms with Gasteiger partial charge in [0.25, 0.3) is 0 Å². The van der Waals surface area contributed by atoms with Crippen LogP contribution in [0.5, 0.6) is 5.75 Å². The molecule has 1 aromatic carbocycles. The van der Waals surface area contributed by atoms with Gasteiger partial charge < -0.3 is 14.6 Å². The smallest absolute Gasteiger partial charge is 0.307 e. The van der Waals surface area contributed by atoms with Crippen molar-refractivity contribution in [3.8, 4) is 5.75 Å². The van der Waals surface area contributed by atoms with Gasteiger partial charge in [-0.15, -0.1) is 0 Å². The first-order chi connectivity index (χ1) is 8.96. The summed E-state index contributed by atoms with van der Waals surface area (Å²) in [5.41, 5.74) is 0.626. The minimum Gasteiger partial charge on any atom is -0.491 e. The summed E-state index contributed by atoms with van der Waals surface area (Å²) < 4.78 is 11.6. The van der Waals surface area contributed by atoms with Crippen LogP contribution in [0.15, 0.2) is 24.3 Å². The zero-order valence-corrected chi connectivity index (χ0v) is 11.4. The average molecular weight is 264 g/mol. The van der Waals surface area contributed by atoms with Gasteiger partial charge in [0.05, 0.1) is 18.1 Å². The van der Waals surface area contributed by atoms with Crippen LogP contribution < -0.4 is 4.74 Å². The molecular formula is C15H20O4. The lowest BCUT2D eigenvalue weighted by Crippen LogP contribution is -2.24. The first-order valence-electron chi connectivity index (χ1n) is 6.56. The second-order valence-corrected chi connectivity index (χ2v) is 5.53. The molecule has 0 saturated carbocycles. The molecular weight excluding hydrogens is 244 g/mol. The number of hydrogen-bond acceptors (Lipinski definition) is 3. The third-order valence-electron chi connectivity index (χ3n) is 3.29. The van der Waals surface area contributed by atoms with E-state index < -0.39 is 5.97 Å². The summed E-state index contributed by atoms with van der Waals surface area (Å²) in [6, 6.07) is 7.25. The lowest BCUT2D eigenvalue weighted by molar-refractivity contribution is -0.136. The van der Waals surface area contributed by atoms with Gasteiger partial charge in [0.1, 0.15) is 12.4 Å². The number of benzene rings is 1. The highest BCUT2D eigenvalue weighted by molar-refractivity contribution is 5.71. The monoisotopic (exact) mass is 264 g/mol. The zero-order valence-electron chi connectivity index (χ0n) is 11.4. The number of aliphatic carboxylic acids is 1. The summed E-state index contributed by atoms with van der Waals surface area (Å²) in [5.74, 6) is -0.215. The van der Waals surface area contributed by atoms with Crippen LogP contribution >= 0.6 is 0 Å². The number of carboxylic acid groups (broad SMARTS) is 1. The summed E-state index contributed by atoms with van der Waals surface area (Å²) in [4.78, 5) is 10.8. The van der Waals surface area contributed by atoms with Gasteiger partial charge in [-0.1, -0.05) is 18.2 Å². The molecule has 104 valence electrons. The molecule has 4 nitrogen and oxygen atoms in total. The van der Waals surface area contributed by atoms with E-state index in [9.17, 15) is 4.79 Å². The molecule has 1 heterocycles. The molecule has 0 spiro atoms. The van der Waals surface area contributed by atoms with Crippen LogP contribution in [0.1, 0.15) is 32.3 Å². The van der Waals surface area contributed by atoms with Gasteiger partial charge in [-0.3, -0.25) is 4.79 Å². The van der Waals surface area contributed by atoms with Gasteiger partial charge in [0.2, 0.25) is 0 Å². The Morgan fingerprint density at radius 1 is 1.47 bits per heavy atom. The maximum absolute atomic E-state index is 10.8. The molecule has 1 saturated heterocycles. The van der Waals surface area contributed by atoms with E-state index in [0.29, 0.717) is 17.9 Å². The molecule has 1 N–H and O–H groups in total. The van der Waals surface area contributed by atoms with E-state index in [2.05, 4.69) is 13.8 Å². The number of carboxylic acids is 1. The topological polar surface area (TPSA) is 55.8 Å². The second-order valence-electron chi connectivity index (χ2n) is 5.53. The fourth-order valence-electron chi connectivity index (χ4n) is 2.33. The van der Waals surface area contributed by atoms with Gasteiger partial charge >= 0.3 is 5.97 Å². The van der Waals surface area contributed by atoms with Crippen LogP contribution in [-0.2, 0) is 16.0 Å². The maximum atomic E-state index is 10.8. The quantitative estimate of drug-likeness (QED) is 0.888. The predicted molar refractivity (Wildman–Crippen MR) is 71.5 cm³/mol. The van der Waals surface area contributed by atoms with Crippen LogP contribution in [0.2, 0.25) is 0 Å².